The summed E-state index contributed by atoms with van der Waals surface area (Å²) in [6, 6.07) is 3.67. The molecule has 7 nitrogen and oxygen atoms in total. The summed E-state index contributed by atoms with van der Waals surface area (Å²) in [5.41, 5.74) is 0. The van der Waals surface area contributed by atoms with Crippen molar-refractivity contribution in [2.75, 3.05) is 19.6 Å². The molecule has 3 rings (SSSR count). The van der Waals surface area contributed by atoms with Crippen LogP contribution in [-0.4, -0.2) is 49.8 Å². The summed E-state index contributed by atoms with van der Waals surface area (Å²) in [5.74, 6) is 0.878. The maximum atomic E-state index is 11.7. The number of hydrogen-bond acceptors (Lipinski definition) is 4. The quantitative estimate of drug-likeness (QED) is 0.411. The molecule has 1 aromatic heterocycles. The summed E-state index contributed by atoms with van der Waals surface area (Å²) in [5, 5.41) is 9.47. The number of guanidine groups is 1. The first-order chi connectivity index (χ1) is 11.3. The van der Waals surface area contributed by atoms with Gasteiger partial charge in [0.2, 0.25) is 0 Å². The zero-order valence-electron chi connectivity index (χ0n) is 13.4. The molecular formula is C16H24N4O3. The Morgan fingerprint density at radius 2 is 2.30 bits per heavy atom. The lowest BCUT2D eigenvalue weighted by Gasteiger charge is -2.22. The van der Waals surface area contributed by atoms with Gasteiger partial charge in [-0.05, 0) is 38.3 Å². The topological polar surface area (TPSA) is 87.9 Å². The number of carbonyl (C=O) groups is 1. The fraction of sp³-hybridized carbons (Fsp3) is 0.625. The number of carbonyl (C=O) groups excluding carboxylic acids is 1. The molecule has 2 fully saturated rings. The highest BCUT2D eigenvalue weighted by Gasteiger charge is 2.41. The Labute approximate surface area is 135 Å². The van der Waals surface area contributed by atoms with Gasteiger partial charge in [-0.3, -0.25) is 9.79 Å². The number of amides is 1. The van der Waals surface area contributed by atoms with Crippen LogP contribution in [0.2, 0.25) is 0 Å². The fourth-order valence-corrected chi connectivity index (χ4v) is 3.12. The molecule has 2 bridgehead atoms. The number of hydrogen-bond donors (Lipinski definition) is 3. The molecule has 1 aromatic rings. The molecule has 23 heavy (non-hydrogen) atoms. The van der Waals surface area contributed by atoms with E-state index in [-0.39, 0.29) is 5.91 Å². The van der Waals surface area contributed by atoms with Crippen LogP contribution >= 0.6 is 0 Å². The Balaban J connectivity index is 1.44. The molecule has 126 valence electrons. The number of rotatable bonds is 6. The van der Waals surface area contributed by atoms with Gasteiger partial charge >= 0.3 is 0 Å². The fourth-order valence-electron chi connectivity index (χ4n) is 3.12. The van der Waals surface area contributed by atoms with Crippen LogP contribution in [0.3, 0.4) is 0 Å². The van der Waals surface area contributed by atoms with Crippen LogP contribution in [0.15, 0.2) is 27.8 Å². The third-order valence-electron chi connectivity index (χ3n) is 4.18. The van der Waals surface area contributed by atoms with Crippen molar-refractivity contribution in [3.63, 3.8) is 0 Å². The smallest absolute Gasteiger partial charge is 0.287 e. The molecule has 0 aromatic carbocycles. The van der Waals surface area contributed by atoms with Gasteiger partial charge in [0, 0.05) is 13.1 Å². The summed E-state index contributed by atoms with van der Waals surface area (Å²) >= 11 is 0. The van der Waals surface area contributed by atoms with E-state index in [0.717, 1.165) is 25.3 Å². The molecule has 7 heteroatoms. The molecule has 3 heterocycles. The van der Waals surface area contributed by atoms with Crippen LogP contribution in [0.5, 0.6) is 0 Å². The Morgan fingerprint density at radius 3 is 2.96 bits per heavy atom. The molecule has 0 saturated carbocycles. The van der Waals surface area contributed by atoms with E-state index in [2.05, 4.69) is 20.9 Å². The molecule has 0 radical (unpaired) electrons. The molecular weight excluding hydrogens is 296 g/mol. The van der Waals surface area contributed by atoms with E-state index in [1.165, 1.54) is 12.7 Å². The predicted molar refractivity (Wildman–Crippen MR) is 86.5 cm³/mol. The zero-order chi connectivity index (χ0) is 16.1. The second-order valence-electron chi connectivity index (χ2n) is 5.85. The SMILES string of the molecule is CCNC(=NCCNC(=O)c1ccco1)NC1CC2CCC1O2. The standard InChI is InChI=1S/C16H24N4O3/c1-2-17-16(20-12-10-11-5-6-13(12)23-11)19-8-7-18-15(21)14-4-3-9-22-14/h3-4,9,11-13H,2,5-8,10H2,1H3,(H,18,21)(H2,17,19,20). The highest BCUT2D eigenvalue weighted by Crippen LogP contribution is 2.34. The Kier molecular flexibility index (Phi) is 5.17. The third-order valence-corrected chi connectivity index (χ3v) is 4.18. The van der Waals surface area contributed by atoms with Crippen LogP contribution < -0.4 is 16.0 Å². The number of aliphatic imine (C=N–C) groups is 1. The number of nitrogens with zero attached hydrogens (tertiary/aromatic N) is 1. The third kappa shape index (κ3) is 4.04. The van der Waals surface area contributed by atoms with Gasteiger partial charge in [0.25, 0.3) is 5.91 Å². The highest BCUT2D eigenvalue weighted by atomic mass is 16.5. The van der Waals surface area contributed by atoms with Gasteiger partial charge in [-0.2, -0.15) is 0 Å². The van der Waals surface area contributed by atoms with Gasteiger partial charge < -0.3 is 25.1 Å². The molecule has 3 atom stereocenters. The highest BCUT2D eigenvalue weighted by molar-refractivity contribution is 5.91. The first kappa shape index (κ1) is 15.9. The van der Waals surface area contributed by atoms with Gasteiger partial charge in [-0.25, -0.2) is 0 Å². The van der Waals surface area contributed by atoms with E-state index in [4.69, 9.17) is 9.15 Å². The van der Waals surface area contributed by atoms with Crippen molar-refractivity contribution in [2.24, 2.45) is 4.99 Å². The maximum absolute atomic E-state index is 11.7. The Morgan fingerprint density at radius 1 is 1.39 bits per heavy atom. The van der Waals surface area contributed by atoms with Crippen LogP contribution in [0.1, 0.15) is 36.7 Å². The summed E-state index contributed by atoms with van der Waals surface area (Å²) in [4.78, 5) is 16.2. The average Bonchev–Trinajstić information content (AvgIpc) is 3.28. The first-order valence-corrected chi connectivity index (χ1v) is 8.28. The van der Waals surface area contributed by atoms with Crippen molar-refractivity contribution in [2.45, 2.75) is 44.4 Å². The minimum atomic E-state index is -0.218. The molecule has 3 unspecified atom stereocenters. The molecule has 3 N–H and O–H groups in total. The largest absolute Gasteiger partial charge is 0.459 e. The van der Waals surface area contributed by atoms with E-state index < -0.39 is 0 Å². The number of furan rings is 1. The van der Waals surface area contributed by atoms with Gasteiger partial charge in [0.1, 0.15) is 0 Å². The van der Waals surface area contributed by atoms with Crippen molar-refractivity contribution in [1.82, 2.24) is 16.0 Å². The van der Waals surface area contributed by atoms with Crippen LogP contribution in [0, 0.1) is 0 Å². The van der Waals surface area contributed by atoms with Gasteiger partial charge in [0.15, 0.2) is 11.7 Å². The van der Waals surface area contributed by atoms with E-state index in [9.17, 15) is 4.79 Å². The van der Waals surface area contributed by atoms with Crippen molar-refractivity contribution in [1.29, 1.82) is 0 Å². The van der Waals surface area contributed by atoms with Gasteiger partial charge in [-0.15, -0.1) is 0 Å². The molecule has 2 aliphatic heterocycles. The normalized spacial score (nSPS) is 26.3. The zero-order valence-corrected chi connectivity index (χ0v) is 13.4. The maximum Gasteiger partial charge on any atom is 0.287 e. The second-order valence-corrected chi connectivity index (χ2v) is 5.85. The van der Waals surface area contributed by atoms with Crippen molar-refractivity contribution in [3.05, 3.63) is 24.2 Å². The van der Waals surface area contributed by atoms with E-state index >= 15 is 0 Å². The number of fused-ring (bicyclic) bond motifs is 2. The summed E-state index contributed by atoms with van der Waals surface area (Å²) in [6.45, 7) is 3.80. The molecule has 0 aliphatic carbocycles. The summed E-state index contributed by atoms with van der Waals surface area (Å²) in [6.07, 6.45) is 5.55. The molecule has 1 amide bonds. The minimum absolute atomic E-state index is 0.218. The van der Waals surface area contributed by atoms with Crippen molar-refractivity contribution in [3.8, 4) is 0 Å². The Hall–Kier alpha value is -2.02. The van der Waals surface area contributed by atoms with Gasteiger partial charge in [-0.1, -0.05) is 0 Å². The molecule has 2 aliphatic rings. The predicted octanol–water partition coefficient (Wildman–Crippen LogP) is 0.884. The van der Waals surface area contributed by atoms with Gasteiger partial charge in [0.05, 0.1) is 31.1 Å². The summed E-state index contributed by atoms with van der Waals surface area (Å²) in [7, 11) is 0. The summed E-state index contributed by atoms with van der Waals surface area (Å²) < 4.78 is 10.9. The van der Waals surface area contributed by atoms with Crippen molar-refractivity contribution >= 4 is 11.9 Å². The lowest BCUT2D eigenvalue weighted by molar-refractivity contribution is 0.0927. The lowest BCUT2D eigenvalue weighted by Crippen LogP contribution is -2.47. The van der Waals surface area contributed by atoms with E-state index in [1.807, 2.05) is 6.92 Å². The molecule has 0 spiro atoms. The van der Waals surface area contributed by atoms with E-state index in [0.29, 0.717) is 37.1 Å². The van der Waals surface area contributed by atoms with Crippen LogP contribution in [0.4, 0.5) is 0 Å². The number of ether oxygens (including phenoxy) is 1. The van der Waals surface area contributed by atoms with Crippen molar-refractivity contribution < 1.29 is 13.9 Å². The monoisotopic (exact) mass is 320 g/mol. The number of nitrogens with one attached hydrogen (secondary N) is 3. The van der Waals surface area contributed by atoms with Crippen LogP contribution in [-0.2, 0) is 4.74 Å². The van der Waals surface area contributed by atoms with E-state index in [1.54, 1.807) is 12.1 Å². The minimum Gasteiger partial charge on any atom is -0.459 e. The lowest BCUT2D eigenvalue weighted by atomic mass is 9.96. The molecule has 2 saturated heterocycles. The van der Waals surface area contributed by atoms with Crippen LogP contribution in [0.25, 0.3) is 0 Å². The Bertz CT molecular complexity index is 544. The average molecular weight is 320 g/mol. The second kappa shape index (κ2) is 7.50. The first-order valence-electron chi connectivity index (χ1n) is 8.28.